The van der Waals surface area contributed by atoms with Gasteiger partial charge in [0, 0.05) is 37.6 Å². The fourth-order valence-corrected chi connectivity index (χ4v) is 4.80. The summed E-state index contributed by atoms with van der Waals surface area (Å²) in [4.78, 5) is 31.4. The summed E-state index contributed by atoms with van der Waals surface area (Å²) in [6, 6.07) is 23.9. The van der Waals surface area contributed by atoms with Crippen LogP contribution in [0, 0.1) is 0 Å². The van der Waals surface area contributed by atoms with Crippen molar-refractivity contribution in [3.05, 3.63) is 94.2 Å². The highest BCUT2D eigenvalue weighted by atomic mass is 32.1. The zero-order chi connectivity index (χ0) is 22.2. The minimum absolute atomic E-state index is 0.0167. The van der Waals surface area contributed by atoms with Crippen LogP contribution in [0.5, 0.6) is 0 Å². The average molecular weight is 448 g/mol. The van der Waals surface area contributed by atoms with Crippen LogP contribution >= 0.6 is 11.3 Å². The van der Waals surface area contributed by atoms with Gasteiger partial charge in [-0.15, -0.1) is 11.3 Å². The largest absolute Gasteiger partial charge is 0.353 e. The molecule has 3 aromatic rings. The van der Waals surface area contributed by atoms with Crippen molar-refractivity contribution in [1.82, 2.24) is 15.1 Å². The molecule has 0 bridgehead atoms. The second kappa shape index (κ2) is 11.1. The molecule has 166 valence electrons. The Hall–Kier alpha value is -2.96. The van der Waals surface area contributed by atoms with Crippen LogP contribution in [0.2, 0.25) is 0 Å². The number of hydrogen-bond donors (Lipinski definition) is 1. The van der Waals surface area contributed by atoms with Gasteiger partial charge >= 0.3 is 0 Å². The van der Waals surface area contributed by atoms with Gasteiger partial charge in [0.1, 0.15) is 0 Å². The smallest absolute Gasteiger partial charge is 0.237 e. The van der Waals surface area contributed by atoms with E-state index in [1.54, 1.807) is 11.3 Å². The van der Waals surface area contributed by atoms with Crippen molar-refractivity contribution in [1.29, 1.82) is 0 Å². The number of piperazine rings is 1. The Kier molecular flexibility index (Phi) is 7.69. The van der Waals surface area contributed by atoms with Crippen molar-refractivity contribution >= 4 is 23.2 Å². The zero-order valence-electron chi connectivity index (χ0n) is 18.2. The minimum atomic E-state index is -0.437. The number of hydrogen-bond acceptors (Lipinski definition) is 4. The van der Waals surface area contributed by atoms with Crippen LogP contribution in [0.25, 0.3) is 0 Å². The Bertz CT molecular complexity index is 992. The van der Waals surface area contributed by atoms with Crippen LogP contribution in [0.1, 0.15) is 22.4 Å². The highest BCUT2D eigenvalue weighted by molar-refractivity contribution is 7.09. The van der Waals surface area contributed by atoms with E-state index >= 15 is 0 Å². The van der Waals surface area contributed by atoms with Gasteiger partial charge in [-0.3, -0.25) is 14.5 Å². The molecule has 2 heterocycles. The monoisotopic (exact) mass is 447 g/mol. The summed E-state index contributed by atoms with van der Waals surface area (Å²) >= 11 is 1.68. The van der Waals surface area contributed by atoms with Crippen molar-refractivity contribution < 1.29 is 9.59 Å². The molecule has 2 amide bonds. The molecule has 6 heteroatoms. The summed E-state index contributed by atoms with van der Waals surface area (Å²) in [6.45, 7) is 3.25. The van der Waals surface area contributed by atoms with E-state index in [9.17, 15) is 9.59 Å². The highest BCUT2D eigenvalue weighted by Crippen LogP contribution is 2.19. The summed E-state index contributed by atoms with van der Waals surface area (Å²) in [6.07, 6.45) is 0.980. The molecular weight excluding hydrogens is 418 g/mol. The minimum Gasteiger partial charge on any atom is -0.353 e. The summed E-state index contributed by atoms with van der Waals surface area (Å²) in [5, 5.41) is 4.99. The Labute approximate surface area is 193 Å². The van der Waals surface area contributed by atoms with Gasteiger partial charge in [0.25, 0.3) is 0 Å². The van der Waals surface area contributed by atoms with Crippen LogP contribution in [0.15, 0.2) is 78.2 Å². The average Bonchev–Trinajstić information content (AvgIpc) is 3.33. The highest BCUT2D eigenvalue weighted by Gasteiger charge is 2.33. The molecule has 0 radical (unpaired) electrons. The van der Waals surface area contributed by atoms with Gasteiger partial charge in [-0.2, -0.15) is 0 Å². The third kappa shape index (κ3) is 6.05. The molecule has 0 saturated carbocycles. The molecule has 2 aromatic carbocycles. The van der Waals surface area contributed by atoms with Gasteiger partial charge in [-0.05, 0) is 29.0 Å². The van der Waals surface area contributed by atoms with Gasteiger partial charge in [-0.25, -0.2) is 0 Å². The van der Waals surface area contributed by atoms with Crippen LogP contribution < -0.4 is 5.32 Å². The molecule has 1 aliphatic rings. The van der Waals surface area contributed by atoms with Gasteiger partial charge in [0.05, 0.1) is 12.5 Å². The van der Waals surface area contributed by atoms with Gasteiger partial charge < -0.3 is 10.2 Å². The lowest BCUT2D eigenvalue weighted by atomic mass is 10.1. The van der Waals surface area contributed by atoms with E-state index in [0.29, 0.717) is 26.2 Å². The number of amides is 2. The maximum atomic E-state index is 13.5. The first kappa shape index (κ1) is 22.2. The van der Waals surface area contributed by atoms with Gasteiger partial charge in [-0.1, -0.05) is 66.7 Å². The number of nitrogens with one attached hydrogen (secondary N) is 1. The Morgan fingerprint density at radius 1 is 1.00 bits per heavy atom. The molecule has 1 fully saturated rings. The number of benzene rings is 2. The lowest BCUT2D eigenvalue weighted by molar-refractivity contribution is -0.139. The summed E-state index contributed by atoms with van der Waals surface area (Å²) < 4.78 is 0. The topological polar surface area (TPSA) is 52.7 Å². The Balaban J connectivity index is 1.47. The quantitative estimate of drug-likeness (QED) is 0.544. The molecule has 1 saturated heterocycles. The first-order valence-corrected chi connectivity index (χ1v) is 12.0. The Morgan fingerprint density at radius 3 is 2.41 bits per heavy atom. The second-order valence-corrected chi connectivity index (χ2v) is 9.13. The van der Waals surface area contributed by atoms with Crippen LogP contribution in [0.4, 0.5) is 0 Å². The zero-order valence-corrected chi connectivity index (χ0v) is 19.0. The van der Waals surface area contributed by atoms with Crippen molar-refractivity contribution in [3.63, 3.8) is 0 Å². The van der Waals surface area contributed by atoms with E-state index in [0.717, 1.165) is 18.5 Å². The molecular formula is C26H29N3O2S. The summed E-state index contributed by atoms with van der Waals surface area (Å²) in [5.74, 6) is -0.0353. The summed E-state index contributed by atoms with van der Waals surface area (Å²) in [5.41, 5.74) is 2.30. The fraction of sp³-hybridized carbons (Fsp3) is 0.308. The van der Waals surface area contributed by atoms with Crippen LogP contribution in [-0.4, -0.2) is 47.3 Å². The molecule has 5 nitrogen and oxygen atoms in total. The molecule has 1 aliphatic heterocycles. The van der Waals surface area contributed by atoms with Gasteiger partial charge in [0.2, 0.25) is 11.8 Å². The molecule has 1 atom stereocenters. The van der Waals surface area contributed by atoms with Crippen molar-refractivity contribution in [2.24, 2.45) is 0 Å². The van der Waals surface area contributed by atoms with E-state index in [4.69, 9.17) is 0 Å². The SMILES string of the molecule is O=C1NCCN(Cc2cccs2)C1CC(=O)N(CCc1ccccc1)Cc1ccccc1. The third-order valence-electron chi connectivity index (χ3n) is 5.83. The standard InChI is InChI=1S/C26H29N3O2S/c30-25(18-24-26(31)27-14-16-28(24)20-23-12-7-17-32-23)29(19-22-10-5-2-6-11-22)15-13-21-8-3-1-4-9-21/h1-12,17,24H,13-16,18-20H2,(H,27,31). The molecule has 0 spiro atoms. The lowest BCUT2D eigenvalue weighted by Crippen LogP contribution is -2.56. The van der Waals surface area contributed by atoms with Crippen LogP contribution in [0.3, 0.4) is 0 Å². The van der Waals surface area contributed by atoms with E-state index in [1.807, 2.05) is 64.9 Å². The first-order valence-electron chi connectivity index (χ1n) is 11.1. The molecule has 1 aromatic heterocycles. The maximum absolute atomic E-state index is 13.5. The summed E-state index contributed by atoms with van der Waals surface area (Å²) in [7, 11) is 0. The van der Waals surface area contributed by atoms with Gasteiger partial charge in [0.15, 0.2) is 0 Å². The normalized spacial score (nSPS) is 16.5. The number of thiophene rings is 1. The first-order chi connectivity index (χ1) is 15.7. The Morgan fingerprint density at radius 2 is 1.72 bits per heavy atom. The molecule has 4 rings (SSSR count). The number of carbonyl (C=O) groups is 2. The van der Waals surface area contributed by atoms with Crippen molar-refractivity contribution in [2.45, 2.75) is 32.0 Å². The predicted octanol–water partition coefficient (Wildman–Crippen LogP) is 3.71. The number of nitrogens with zero attached hydrogens (tertiary/aromatic N) is 2. The van der Waals surface area contributed by atoms with E-state index in [1.165, 1.54) is 10.4 Å². The third-order valence-corrected chi connectivity index (χ3v) is 6.69. The molecule has 32 heavy (non-hydrogen) atoms. The van der Waals surface area contributed by atoms with Crippen molar-refractivity contribution in [3.8, 4) is 0 Å². The number of carbonyl (C=O) groups excluding carboxylic acids is 2. The molecule has 1 N–H and O–H groups in total. The predicted molar refractivity (Wildman–Crippen MR) is 128 cm³/mol. The molecule has 0 aliphatic carbocycles. The lowest BCUT2D eigenvalue weighted by Gasteiger charge is -2.35. The second-order valence-electron chi connectivity index (χ2n) is 8.10. The molecule has 1 unspecified atom stereocenters. The fourth-order valence-electron chi connectivity index (χ4n) is 4.07. The van der Waals surface area contributed by atoms with E-state index in [2.05, 4.69) is 28.4 Å². The number of rotatable bonds is 9. The van der Waals surface area contributed by atoms with E-state index < -0.39 is 6.04 Å². The van der Waals surface area contributed by atoms with E-state index in [-0.39, 0.29) is 18.2 Å². The maximum Gasteiger partial charge on any atom is 0.237 e. The van der Waals surface area contributed by atoms with Crippen molar-refractivity contribution in [2.75, 3.05) is 19.6 Å². The van der Waals surface area contributed by atoms with Crippen LogP contribution in [-0.2, 0) is 29.1 Å².